The van der Waals surface area contributed by atoms with E-state index in [4.69, 9.17) is 17.0 Å². The van der Waals surface area contributed by atoms with Crippen molar-refractivity contribution >= 4 is 23.0 Å². The summed E-state index contributed by atoms with van der Waals surface area (Å²) in [5.41, 5.74) is 6.46. The lowest BCUT2D eigenvalue weighted by Gasteiger charge is -2.28. The maximum absolute atomic E-state index is 5.87. The Labute approximate surface area is 205 Å². The second-order valence-corrected chi connectivity index (χ2v) is 8.94. The standard InChI is InChI=1S/C27H27N5OS/c1-17-11-12-24(29-16-17)31-18(2)14-22(19(31)3)26-25(23-10-5-6-13-28-23)30-27(34)32(26)20-8-7-9-21(15-20)33-4/h5-16,25-26H,1-4H3,(H,30,34). The molecular weight excluding hydrogens is 442 g/mol. The zero-order valence-electron chi connectivity index (χ0n) is 19.7. The fourth-order valence-electron chi connectivity index (χ4n) is 4.74. The minimum absolute atomic E-state index is 0.0973. The average molecular weight is 470 g/mol. The van der Waals surface area contributed by atoms with Crippen molar-refractivity contribution in [2.45, 2.75) is 32.9 Å². The van der Waals surface area contributed by atoms with Crippen LogP contribution in [0.15, 0.2) is 73.1 Å². The molecule has 0 spiro atoms. The summed E-state index contributed by atoms with van der Waals surface area (Å²) >= 11 is 5.87. The number of ether oxygens (including phenoxy) is 1. The van der Waals surface area contributed by atoms with E-state index in [0.29, 0.717) is 5.11 Å². The van der Waals surface area contributed by atoms with Crippen molar-refractivity contribution in [1.82, 2.24) is 19.9 Å². The number of aryl methyl sites for hydroxylation is 2. The van der Waals surface area contributed by atoms with Gasteiger partial charge >= 0.3 is 0 Å². The zero-order chi connectivity index (χ0) is 23.8. The molecular formula is C27H27N5OS. The first kappa shape index (κ1) is 22.1. The Morgan fingerprint density at radius 3 is 2.53 bits per heavy atom. The van der Waals surface area contributed by atoms with Gasteiger partial charge in [-0.1, -0.05) is 18.2 Å². The highest BCUT2D eigenvalue weighted by Crippen LogP contribution is 2.44. The second-order valence-electron chi connectivity index (χ2n) is 8.55. The number of thiocarbonyl (C=S) groups is 1. The summed E-state index contributed by atoms with van der Waals surface area (Å²) in [5.74, 6) is 1.69. The smallest absolute Gasteiger partial charge is 0.174 e. The van der Waals surface area contributed by atoms with E-state index in [9.17, 15) is 0 Å². The van der Waals surface area contributed by atoms with E-state index in [-0.39, 0.29) is 12.1 Å². The molecule has 3 aromatic heterocycles. The van der Waals surface area contributed by atoms with E-state index < -0.39 is 0 Å². The van der Waals surface area contributed by atoms with Crippen LogP contribution in [0.25, 0.3) is 5.82 Å². The van der Waals surface area contributed by atoms with Crippen molar-refractivity contribution in [2.24, 2.45) is 0 Å². The van der Waals surface area contributed by atoms with E-state index >= 15 is 0 Å². The molecule has 34 heavy (non-hydrogen) atoms. The molecule has 1 N–H and O–H groups in total. The topological polar surface area (TPSA) is 55.2 Å². The third-order valence-electron chi connectivity index (χ3n) is 6.34. The molecule has 4 aromatic rings. The molecule has 7 heteroatoms. The average Bonchev–Trinajstić information content (AvgIpc) is 3.35. The van der Waals surface area contributed by atoms with Gasteiger partial charge < -0.3 is 19.5 Å². The molecule has 1 aromatic carbocycles. The maximum atomic E-state index is 5.87. The molecule has 6 nitrogen and oxygen atoms in total. The van der Waals surface area contributed by atoms with Crippen molar-refractivity contribution in [3.05, 3.63) is 101 Å². The van der Waals surface area contributed by atoms with Gasteiger partial charge in [0.1, 0.15) is 11.6 Å². The summed E-state index contributed by atoms with van der Waals surface area (Å²) in [5, 5.41) is 4.20. The minimum Gasteiger partial charge on any atom is -0.497 e. The third-order valence-corrected chi connectivity index (χ3v) is 6.66. The molecule has 1 aliphatic rings. The molecule has 1 saturated heterocycles. The van der Waals surface area contributed by atoms with Crippen molar-refractivity contribution in [3.8, 4) is 11.6 Å². The van der Waals surface area contributed by atoms with E-state index in [1.54, 1.807) is 7.11 Å². The van der Waals surface area contributed by atoms with E-state index in [1.165, 1.54) is 5.56 Å². The van der Waals surface area contributed by atoms with Crippen LogP contribution in [0.1, 0.15) is 40.3 Å². The number of hydrogen-bond acceptors (Lipinski definition) is 4. The number of nitrogens with one attached hydrogen (secondary N) is 1. The molecule has 5 rings (SSSR count). The first-order valence-corrected chi connectivity index (χ1v) is 11.7. The van der Waals surface area contributed by atoms with Crippen molar-refractivity contribution in [3.63, 3.8) is 0 Å². The molecule has 2 atom stereocenters. The van der Waals surface area contributed by atoms with Gasteiger partial charge in [-0.2, -0.15) is 0 Å². The van der Waals surface area contributed by atoms with Crippen LogP contribution in [-0.2, 0) is 0 Å². The van der Waals surface area contributed by atoms with Gasteiger partial charge in [-0.25, -0.2) is 4.98 Å². The van der Waals surface area contributed by atoms with Crippen molar-refractivity contribution in [1.29, 1.82) is 0 Å². The highest BCUT2D eigenvalue weighted by atomic mass is 32.1. The summed E-state index contributed by atoms with van der Waals surface area (Å²) in [6, 6.07) is 20.2. The molecule has 0 bridgehead atoms. The first-order chi connectivity index (χ1) is 16.5. The molecule has 0 radical (unpaired) electrons. The fourth-order valence-corrected chi connectivity index (χ4v) is 5.09. The summed E-state index contributed by atoms with van der Waals surface area (Å²) in [6.45, 7) is 6.31. The quantitative estimate of drug-likeness (QED) is 0.396. The Balaban J connectivity index is 1.68. The van der Waals surface area contributed by atoms with Crippen LogP contribution in [0.3, 0.4) is 0 Å². The number of pyridine rings is 2. The number of nitrogens with zero attached hydrogens (tertiary/aromatic N) is 4. The molecule has 4 heterocycles. The number of methoxy groups -OCH3 is 1. The van der Waals surface area contributed by atoms with Gasteiger partial charge in [0.15, 0.2) is 5.11 Å². The van der Waals surface area contributed by atoms with Gasteiger partial charge in [-0.3, -0.25) is 4.98 Å². The highest BCUT2D eigenvalue weighted by molar-refractivity contribution is 7.80. The van der Waals surface area contributed by atoms with Crippen LogP contribution in [0, 0.1) is 20.8 Å². The lowest BCUT2D eigenvalue weighted by Crippen LogP contribution is -2.29. The lowest BCUT2D eigenvalue weighted by atomic mass is 9.96. The Kier molecular flexibility index (Phi) is 5.79. The van der Waals surface area contributed by atoms with Gasteiger partial charge in [0.2, 0.25) is 0 Å². The van der Waals surface area contributed by atoms with Crippen LogP contribution in [0.5, 0.6) is 5.75 Å². The summed E-state index contributed by atoms with van der Waals surface area (Å²) < 4.78 is 7.71. The summed E-state index contributed by atoms with van der Waals surface area (Å²) in [4.78, 5) is 11.5. The van der Waals surface area contributed by atoms with Crippen LogP contribution >= 0.6 is 12.2 Å². The monoisotopic (exact) mass is 469 g/mol. The number of hydrogen-bond donors (Lipinski definition) is 1. The normalized spacial score (nSPS) is 17.6. The van der Waals surface area contributed by atoms with Gasteiger partial charge in [0.25, 0.3) is 0 Å². The predicted octanol–water partition coefficient (Wildman–Crippen LogP) is 5.38. The first-order valence-electron chi connectivity index (χ1n) is 11.2. The molecule has 1 aliphatic heterocycles. The summed E-state index contributed by atoms with van der Waals surface area (Å²) in [7, 11) is 1.68. The number of benzene rings is 1. The van der Waals surface area contributed by atoms with Crippen LogP contribution in [-0.4, -0.2) is 26.8 Å². The Bertz CT molecular complexity index is 1330. The Morgan fingerprint density at radius 1 is 0.971 bits per heavy atom. The van der Waals surface area contributed by atoms with Crippen LogP contribution < -0.4 is 15.0 Å². The number of aromatic nitrogens is 3. The molecule has 1 fully saturated rings. The van der Waals surface area contributed by atoms with Crippen LogP contribution in [0.4, 0.5) is 5.69 Å². The van der Waals surface area contributed by atoms with Gasteiger partial charge in [0.05, 0.1) is 24.9 Å². The number of anilines is 1. The largest absolute Gasteiger partial charge is 0.497 e. The molecule has 172 valence electrons. The Hall–Kier alpha value is -3.71. The molecule has 0 saturated carbocycles. The van der Waals surface area contributed by atoms with Gasteiger partial charge in [0, 0.05) is 35.5 Å². The van der Waals surface area contributed by atoms with Gasteiger partial charge in [-0.05, 0) is 80.5 Å². The summed E-state index contributed by atoms with van der Waals surface area (Å²) in [6.07, 6.45) is 3.73. The second kappa shape index (κ2) is 8.91. The minimum atomic E-state index is -0.111. The Morgan fingerprint density at radius 2 is 1.82 bits per heavy atom. The zero-order valence-corrected chi connectivity index (χ0v) is 20.5. The molecule has 0 aliphatic carbocycles. The number of rotatable bonds is 5. The molecule has 0 amide bonds. The van der Waals surface area contributed by atoms with E-state index in [2.05, 4.69) is 62.9 Å². The maximum Gasteiger partial charge on any atom is 0.174 e. The third kappa shape index (κ3) is 3.82. The molecule has 2 unspecified atom stereocenters. The van der Waals surface area contributed by atoms with Crippen molar-refractivity contribution < 1.29 is 4.74 Å². The van der Waals surface area contributed by atoms with Crippen LogP contribution in [0.2, 0.25) is 0 Å². The highest BCUT2D eigenvalue weighted by Gasteiger charge is 2.42. The SMILES string of the molecule is COc1cccc(N2C(=S)NC(c3ccccn3)C2c2cc(C)n(-c3ccc(C)cn3)c2C)c1. The fraction of sp³-hybridized carbons (Fsp3) is 0.222. The lowest BCUT2D eigenvalue weighted by molar-refractivity contribution is 0.415. The predicted molar refractivity (Wildman–Crippen MR) is 139 cm³/mol. The van der Waals surface area contributed by atoms with E-state index in [0.717, 1.165) is 39.9 Å². The van der Waals surface area contributed by atoms with Gasteiger partial charge in [-0.15, -0.1) is 0 Å². The van der Waals surface area contributed by atoms with Crippen molar-refractivity contribution in [2.75, 3.05) is 12.0 Å². The van der Waals surface area contributed by atoms with E-state index in [1.807, 2.05) is 55.7 Å².